The number of carboxylic acid groups (broad SMARTS) is 1. The Bertz CT molecular complexity index is 1330. The second-order valence-corrected chi connectivity index (χ2v) is 10.0. The number of hydrogen-bond donors (Lipinski definition) is 4. The minimum Gasteiger partial charge on any atom is -0.491 e. The molecule has 1 aliphatic heterocycles. The molecule has 2 aromatic rings. The van der Waals surface area contributed by atoms with Crippen molar-refractivity contribution >= 4 is 35.5 Å². The molecule has 224 valence electrons. The molecule has 5 N–H and O–H groups in total. The Balaban J connectivity index is 1.92. The van der Waals surface area contributed by atoms with Gasteiger partial charge in [-0.1, -0.05) is 24.3 Å². The lowest BCUT2D eigenvalue weighted by atomic mass is 10.0. The Kier molecular flexibility index (Phi) is 10.6. The molecule has 13 heteroatoms. The summed E-state index contributed by atoms with van der Waals surface area (Å²) >= 11 is 0. The van der Waals surface area contributed by atoms with Gasteiger partial charge in [0, 0.05) is 30.6 Å². The van der Waals surface area contributed by atoms with Crippen molar-refractivity contribution in [3.05, 3.63) is 65.2 Å². The number of nitrogen functional groups attached to an aromatic ring is 1. The van der Waals surface area contributed by atoms with Crippen LogP contribution in [0.3, 0.4) is 0 Å². The molecule has 2 atom stereocenters. The van der Waals surface area contributed by atoms with Gasteiger partial charge in [0.25, 0.3) is 5.91 Å². The second kappa shape index (κ2) is 14.1. The Hall–Kier alpha value is -4.94. The number of amidine groups is 1. The monoisotopic (exact) mass is 581 g/mol. The molecule has 0 saturated carbocycles. The highest BCUT2D eigenvalue weighted by molar-refractivity contribution is 6.01. The van der Waals surface area contributed by atoms with Crippen LogP contribution in [0.2, 0.25) is 0 Å². The van der Waals surface area contributed by atoms with Crippen LogP contribution < -0.4 is 15.8 Å². The molecule has 2 aromatic carbocycles. The molecule has 13 nitrogen and oxygen atoms in total. The zero-order valence-corrected chi connectivity index (χ0v) is 23.7. The number of carbonyl (C=O) groups is 5. The molecule has 3 rings (SSSR count). The van der Waals surface area contributed by atoms with Gasteiger partial charge in [-0.15, -0.1) is 0 Å². The Labute approximate surface area is 243 Å². The highest BCUT2D eigenvalue weighted by atomic mass is 16.5. The summed E-state index contributed by atoms with van der Waals surface area (Å²) in [6, 6.07) is 10.5. The summed E-state index contributed by atoms with van der Waals surface area (Å²) in [5.41, 5.74) is 6.83. The van der Waals surface area contributed by atoms with E-state index in [0.717, 1.165) is 12.0 Å². The van der Waals surface area contributed by atoms with Gasteiger partial charge in [0.1, 0.15) is 30.2 Å². The van der Waals surface area contributed by atoms with Crippen LogP contribution in [0.15, 0.2) is 48.5 Å². The molecular formula is C29H35N5O8. The van der Waals surface area contributed by atoms with Crippen molar-refractivity contribution < 1.29 is 38.6 Å². The zero-order valence-electron chi connectivity index (χ0n) is 23.7. The van der Waals surface area contributed by atoms with Gasteiger partial charge in [-0.05, 0) is 43.7 Å². The van der Waals surface area contributed by atoms with E-state index in [0.29, 0.717) is 16.9 Å². The first-order chi connectivity index (χ1) is 19.9. The highest BCUT2D eigenvalue weighted by Gasteiger charge is 2.42. The number of nitrogens with one attached hydrogen (secondary N) is 2. The fourth-order valence-electron chi connectivity index (χ4n) is 4.52. The maximum absolute atomic E-state index is 14.0. The summed E-state index contributed by atoms with van der Waals surface area (Å²) in [5, 5.41) is 19.5. The molecule has 1 saturated heterocycles. The minimum atomic E-state index is -1.31. The number of rotatable bonds is 12. The average molecular weight is 582 g/mol. The van der Waals surface area contributed by atoms with E-state index >= 15 is 0 Å². The molecule has 0 unspecified atom stereocenters. The number of ether oxygens (including phenoxy) is 2. The summed E-state index contributed by atoms with van der Waals surface area (Å²) in [4.78, 5) is 66.1. The van der Waals surface area contributed by atoms with Gasteiger partial charge in [-0.3, -0.25) is 29.4 Å². The number of methoxy groups -OCH3 is 1. The summed E-state index contributed by atoms with van der Waals surface area (Å²) in [6.07, 6.45) is -0.471. The Morgan fingerprint density at radius 1 is 1.05 bits per heavy atom. The van der Waals surface area contributed by atoms with Gasteiger partial charge in [0.2, 0.25) is 11.8 Å². The summed E-state index contributed by atoms with van der Waals surface area (Å²) in [6.45, 7) is 3.08. The molecule has 0 aromatic heterocycles. The van der Waals surface area contributed by atoms with E-state index in [1.165, 1.54) is 29.2 Å². The normalized spacial score (nSPS) is 15.6. The van der Waals surface area contributed by atoms with Crippen LogP contribution in [-0.4, -0.2) is 95.3 Å². The number of benzene rings is 2. The van der Waals surface area contributed by atoms with Gasteiger partial charge in [0.05, 0.1) is 19.6 Å². The van der Waals surface area contributed by atoms with Crippen LogP contribution in [0, 0.1) is 5.41 Å². The molecule has 0 radical (unpaired) electrons. The van der Waals surface area contributed by atoms with Gasteiger partial charge < -0.3 is 35.4 Å². The topological polar surface area (TPSA) is 192 Å². The minimum absolute atomic E-state index is 0.0390. The summed E-state index contributed by atoms with van der Waals surface area (Å²) in [5.74, 6) is -3.43. The first-order valence-corrected chi connectivity index (χ1v) is 13.3. The smallest absolute Gasteiger partial charge is 0.323 e. The maximum Gasteiger partial charge on any atom is 0.323 e. The van der Waals surface area contributed by atoms with Crippen molar-refractivity contribution in [2.24, 2.45) is 5.73 Å². The third kappa shape index (κ3) is 8.29. The molecular weight excluding hydrogens is 546 g/mol. The van der Waals surface area contributed by atoms with E-state index in [2.05, 4.69) is 5.32 Å². The number of hydrogen-bond acceptors (Lipinski definition) is 8. The van der Waals surface area contributed by atoms with Crippen molar-refractivity contribution in [1.29, 1.82) is 5.41 Å². The molecule has 1 aliphatic rings. The quantitative estimate of drug-likeness (QED) is 0.159. The molecule has 1 heterocycles. The number of piperazine rings is 1. The fourth-order valence-corrected chi connectivity index (χ4v) is 4.52. The summed E-state index contributed by atoms with van der Waals surface area (Å²) in [7, 11) is 1.14. The van der Waals surface area contributed by atoms with Crippen LogP contribution in [0.5, 0.6) is 5.75 Å². The number of nitrogens with zero attached hydrogens (tertiary/aromatic N) is 2. The zero-order chi connectivity index (χ0) is 31.0. The van der Waals surface area contributed by atoms with Gasteiger partial charge >= 0.3 is 11.9 Å². The first-order valence-electron chi connectivity index (χ1n) is 13.3. The number of carbonyl (C=O) groups excluding carboxylic acids is 4. The lowest BCUT2D eigenvalue weighted by Gasteiger charge is -2.41. The second-order valence-electron chi connectivity index (χ2n) is 10.0. The number of amides is 3. The van der Waals surface area contributed by atoms with Crippen molar-refractivity contribution in [3.63, 3.8) is 0 Å². The van der Waals surface area contributed by atoms with Crippen LogP contribution in [-0.2, 0) is 30.3 Å². The maximum atomic E-state index is 14.0. The van der Waals surface area contributed by atoms with Crippen molar-refractivity contribution in [2.75, 3.05) is 26.7 Å². The van der Waals surface area contributed by atoms with Gasteiger partial charge in [0.15, 0.2) is 0 Å². The van der Waals surface area contributed by atoms with E-state index in [9.17, 15) is 29.1 Å². The summed E-state index contributed by atoms with van der Waals surface area (Å²) < 4.78 is 10.4. The van der Waals surface area contributed by atoms with E-state index in [1.807, 2.05) is 13.8 Å². The van der Waals surface area contributed by atoms with Crippen LogP contribution >= 0.6 is 0 Å². The lowest BCUT2D eigenvalue weighted by molar-refractivity contribution is -0.159. The van der Waals surface area contributed by atoms with Crippen molar-refractivity contribution in [1.82, 2.24) is 15.1 Å². The lowest BCUT2D eigenvalue weighted by Crippen LogP contribution is -2.63. The van der Waals surface area contributed by atoms with E-state index < -0.39 is 54.7 Å². The van der Waals surface area contributed by atoms with E-state index in [-0.39, 0.29) is 37.0 Å². The Morgan fingerprint density at radius 3 is 2.21 bits per heavy atom. The molecule has 0 spiro atoms. The van der Waals surface area contributed by atoms with E-state index in [1.54, 1.807) is 24.3 Å². The van der Waals surface area contributed by atoms with Crippen LogP contribution in [0.25, 0.3) is 0 Å². The number of nitrogens with two attached hydrogens (primary N) is 1. The molecule has 0 bridgehead atoms. The molecule has 1 fully saturated rings. The Morgan fingerprint density at radius 2 is 1.67 bits per heavy atom. The first kappa shape index (κ1) is 31.6. The fraction of sp³-hybridized carbons (Fsp3) is 0.379. The standard InChI is InChI=1S/C29H35N5O8/c1-17(2)42-21-10-4-18(5-11-21)14-22(32-27(38)20-8-6-19(7-9-20)26(30)31)28(39)34-13-12-33(16-24(35)36)29(40)23(34)15-25(37)41-3/h4-11,17,22-23H,12-16H2,1-3H3,(H3,30,31)(H,32,38)(H,35,36)/t22-,23-/m0/s1. The third-order valence-corrected chi connectivity index (χ3v) is 6.58. The van der Waals surface area contributed by atoms with Gasteiger partial charge in [-0.2, -0.15) is 0 Å². The number of esters is 1. The largest absolute Gasteiger partial charge is 0.491 e. The molecule has 42 heavy (non-hydrogen) atoms. The van der Waals surface area contributed by atoms with Crippen molar-refractivity contribution in [3.8, 4) is 5.75 Å². The predicted molar refractivity (Wildman–Crippen MR) is 151 cm³/mol. The SMILES string of the molecule is COC(=O)C[C@H]1C(=O)N(CC(=O)O)CCN1C(=O)[C@H](Cc1ccc(OC(C)C)cc1)NC(=O)c1ccc(C(=N)N)cc1. The molecule has 0 aliphatic carbocycles. The van der Waals surface area contributed by atoms with Crippen molar-refractivity contribution in [2.45, 2.75) is 44.9 Å². The number of aliphatic carboxylic acids is 1. The van der Waals surface area contributed by atoms with Crippen LogP contribution in [0.1, 0.15) is 41.8 Å². The van der Waals surface area contributed by atoms with Gasteiger partial charge in [-0.25, -0.2) is 0 Å². The number of carboxylic acids is 1. The molecule has 3 amide bonds. The highest BCUT2D eigenvalue weighted by Crippen LogP contribution is 2.20. The van der Waals surface area contributed by atoms with Crippen LogP contribution in [0.4, 0.5) is 0 Å². The third-order valence-electron chi connectivity index (χ3n) is 6.58. The average Bonchev–Trinajstić information content (AvgIpc) is 2.94. The predicted octanol–water partition coefficient (Wildman–Crippen LogP) is 0.786. The van der Waals surface area contributed by atoms with E-state index in [4.69, 9.17) is 20.6 Å².